The first-order chi connectivity index (χ1) is 9.02. The van der Waals surface area contributed by atoms with Crippen molar-refractivity contribution < 1.29 is 13.6 Å². The van der Waals surface area contributed by atoms with E-state index in [1.54, 1.807) is 0 Å². The highest BCUT2D eigenvalue weighted by Crippen LogP contribution is 2.15. The number of nitrogens with one attached hydrogen (secondary N) is 2. The third kappa shape index (κ3) is 3.89. The molecule has 0 spiro atoms. The molecular formula is C12H8ClF2N3O. The van der Waals surface area contributed by atoms with Crippen LogP contribution in [0.3, 0.4) is 0 Å². The summed E-state index contributed by atoms with van der Waals surface area (Å²) in [5.74, 6) is -1.55. The van der Waals surface area contributed by atoms with Crippen molar-refractivity contribution in [1.82, 2.24) is 4.98 Å². The Labute approximate surface area is 112 Å². The Morgan fingerprint density at radius 2 is 1.68 bits per heavy atom. The molecule has 0 unspecified atom stereocenters. The minimum Gasteiger partial charge on any atom is -0.308 e. The standard InChI is InChI=1S/C12H8ClF2N3O/c13-11-6-9(1-2-16-11)17-12(19)18-10-4-7(14)3-8(15)5-10/h1-6H,(H2,16,17,18,19). The van der Waals surface area contributed by atoms with E-state index >= 15 is 0 Å². The topological polar surface area (TPSA) is 54.0 Å². The summed E-state index contributed by atoms with van der Waals surface area (Å²) in [6.07, 6.45) is 1.42. The molecule has 2 amide bonds. The zero-order valence-corrected chi connectivity index (χ0v) is 10.2. The Hall–Kier alpha value is -2.21. The van der Waals surface area contributed by atoms with Gasteiger partial charge in [-0.05, 0) is 24.3 Å². The fourth-order valence-corrected chi connectivity index (χ4v) is 1.57. The van der Waals surface area contributed by atoms with Crippen LogP contribution in [0.2, 0.25) is 5.15 Å². The number of carbonyl (C=O) groups excluding carboxylic acids is 1. The van der Waals surface area contributed by atoms with Crippen LogP contribution in [-0.2, 0) is 0 Å². The minimum atomic E-state index is -0.776. The van der Waals surface area contributed by atoms with Crippen LogP contribution >= 0.6 is 11.6 Å². The van der Waals surface area contributed by atoms with Crippen molar-refractivity contribution in [3.8, 4) is 0 Å². The number of anilines is 2. The fraction of sp³-hybridized carbons (Fsp3) is 0. The number of rotatable bonds is 2. The zero-order valence-electron chi connectivity index (χ0n) is 9.45. The van der Waals surface area contributed by atoms with E-state index in [-0.39, 0.29) is 10.8 Å². The highest BCUT2D eigenvalue weighted by Gasteiger charge is 2.06. The van der Waals surface area contributed by atoms with Gasteiger partial charge in [0, 0.05) is 23.6 Å². The third-order valence-electron chi connectivity index (χ3n) is 2.10. The smallest absolute Gasteiger partial charge is 0.308 e. The highest BCUT2D eigenvalue weighted by molar-refractivity contribution is 6.29. The van der Waals surface area contributed by atoms with E-state index in [9.17, 15) is 13.6 Å². The second kappa shape index (κ2) is 5.62. The van der Waals surface area contributed by atoms with E-state index in [2.05, 4.69) is 15.6 Å². The molecule has 0 aliphatic carbocycles. The Morgan fingerprint density at radius 1 is 1.05 bits per heavy atom. The molecule has 2 aromatic rings. The molecule has 4 nitrogen and oxygen atoms in total. The lowest BCUT2D eigenvalue weighted by Crippen LogP contribution is -2.19. The molecule has 0 atom stereocenters. The monoisotopic (exact) mass is 283 g/mol. The molecular weight excluding hydrogens is 276 g/mol. The molecule has 0 saturated carbocycles. The number of benzene rings is 1. The van der Waals surface area contributed by atoms with Crippen molar-refractivity contribution in [2.24, 2.45) is 0 Å². The SMILES string of the molecule is O=C(Nc1cc(F)cc(F)c1)Nc1ccnc(Cl)c1. The molecule has 2 N–H and O–H groups in total. The number of amides is 2. The number of hydrogen-bond acceptors (Lipinski definition) is 2. The lowest BCUT2D eigenvalue weighted by molar-refractivity contribution is 0.262. The number of aromatic nitrogens is 1. The van der Waals surface area contributed by atoms with Crippen molar-refractivity contribution >= 4 is 29.0 Å². The predicted octanol–water partition coefficient (Wildman–Crippen LogP) is 3.66. The van der Waals surface area contributed by atoms with Gasteiger partial charge in [0.15, 0.2) is 0 Å². The van der Waals surface area contributed by atoms with Crippen molar-refractivity contribution in [3.63, 3.8) is 0 Å². The van der Waals surface area contributed by atoms with Crippen LogP contribution in [0.4, 0.5) is 25.0 Å². The van der Waals surface area contributed by atoms with Crippen LogP contribution in [0.5, 0.6) is 0 Å². The van der Waals surface area contributed by atoms with Crippen LogP contribution < -0.4 is 10.6 Å². The summed E-state index contributed by atoms with van der Waals surface area (Å²) in [5.41, 5.74) is 0.421. The normalized spacial score (nSPS) is 10.1. The molecule has 0 bridgehead atoms. The van der Waals surface area contributed by atoms with Gasteiger partial charge in [-0.3, -0.25) is 0 Å². The van der Waals surface area contributed by atoms with Gasteiger partial charge in [-0.2, -0.15) is 0 Å². The molecule has 0 aliphatic rings. The second-order valence-electron chi connectivity index (χ2n) is 3.60. The van der Waals surface area contributed by atoms with Gasteiger partial charge in [0.05, 0.1) is 0 Å². The number of pyridine rings is 1. The third-order valence-corrected chi connectivity index (χ3v) is 2.31. The van der Waals surface area contributed by atoms with Gasteiger partial charge >= 0.3 is 6.03 Å². The maximum atomic E-state index is 12.9. The maximum Gasteiger partial charge on any atom is 0.323 e. The van der Waals surface area contributed by atoms with Gasteiger partial charge in [0.25, 0.3) is 0 Å². The Balaban J connectivity index is 2.05. The van der Waals surface area contributed by atoms with Crippen molar-refractivity contribution in [2.45, 2.75) is 0 Å². The molecule has 0 aliphatic heterocycles. The van der Waals surface area contributed by atoms with Gasteiger partial charge in [0.1, 0.15) is 16.8 Å². The van der Waals surface area contributed by atoms with E-state index in [4.69, 9.17) is 11.6 Å². The van der Waals surface area contributed by atoms with Crippen LogP contribution in [0.25, 0.3) is 0 Å². The molecule has 0 fully saturated rings. The van der Waals surface area contributed by atoms with Crippen LogP contribution in [-0.4, -0.2) is 11.0 Å². The summed E-state index contributed by atoms with van der Waals surface area (Å²) in [6.45, 7) is 0. The summed E-state index contributed by atoms with van der Waals surface area (Å²) in [5, 5.41) is 4.97. The molecule has 19 heavy (non-hydrogen) atoms. The Kier molecular flexibility index (Phi) is 3.91. The average Bonchev–Trinajstić information content (AvgIpc) is 2.26. The first kappa shape index (κ1) is 13.2. The van der Waals surface area contributed by atoms with Crippen LogP contribution in [0.15, 0.2) is 36.5 Å². The van der Waals surface area contributed by atoms with Gasteiger partial charge in [-0.15, -0.1) is 0 Å². The second-order valence-corrected chi connectivity index (χ2v) is 3.99. The molecule has 2 rings (SSSR count). The minimum absolute atomic E-state index is 0.00940. The predicted molar refractivity (Wildman–Crippen MR) is 68.2 cm³/mol. The maximum absolute atomic E-state index is 12.9. The molecule has 0 saturated heterocycles. The number of halogens is 3. The number of carbonyl (C=O) groups is 1. The van der Waals surface area contributed by atoms with Crippen LogP contribution in [0, 0.1) is 11.6 Å². The first-order valence-corrected chi connectivity index (χ1v) is 5.56. The van der Waals surface area contributed by atoms with Gasteiger partial charge in [-0.25, -0.2) is 18.6 Å². The molecule has 1 aromatic heterocycles. The van der Waals surface area contributed by atoms with Crippen molar-refractivity contribution in [2.75, 3.05) is 10.6 Å². The summed E-state index contributed by atoms with van der Waals surface area (Å²) in [7, 11) is 0. The average molecular weight is 284 g/mol. The largest absolute Gasteiger partial charge is 0.323 e. The van der Waals surface area contributed by atoms with Gasteiger partial charge in [0.2, 0.25) is 0 Å². The summed E-state index contributed by atoms with van der Waals surface area (Å²) < 4.78 is 25.8. The molecule has 98 valence electrons. The summed E-state index contributed by atoms with van der Waals surface area (Å²) in [4.78, 5) is 15.3. The summed E-state index contributed by atoms with van der Waals surface area (Å²) in [6, 6.07) is 5.04. The number of hydrogen-bond donors (Lipinski definition) is 2. The lowest BCUT2D eigenvalue weighted by atomic mass is 10.3. The number of urea groups is 1. The van der Waals surface area contributed by atoms with Crippen molar-refractivity contribution in [3.05, 3.63) is 53.3 Å². The van der Waals surface area contributed by atoms with E-state index in [0.717, 1.165) is 12.1 Å². The van der Waals surface area contributed by atoms with E-state index in [1.165, 1.54) is 18.3 Å². The lowest BCUT2D eigenvalue weighted by Gasteiger charge is -2.07. The van der Waals surface area contributed by atoms with Gasteiger partial charge < -0.3 is 10.6 Å². The summed E-state index contributed by atoms with van der Waals surface area (Å²) >= 11 is 5.65. The quantitative estimate of drug-likeness (QED) is 0.827. The first-order valence-electron chi connectivity index (χ1n) is 5.18. The van der Waals surface area contributed by atoms with Gasteiger partial charge in [-0.1, -0.05) is 11.6 Å². The highest BCUT2D eigenvalue weighted by atomic mass is 35.5. The van der Waals surface area contributed by atoms with E-state index in [0.29, 0.717) is 11.8 Å². The molecule has 1 aromatic carbocycles. The molecule has 0 radical (unpaired) electrons. The van der Waals surface area contributed by atoms with E-state index < -0.39 is 17.7 Å². The fourth-order valence-electron chi connectivity index (χ4n) is 1.40. The van der Waals surface area contributed by atoms with Crippen LogP contribution in [0.1, 0.15) is 0 Å². The Bertz CT molecular complexity index is 601. The van der Waals surface area contributed by atoms with Crippen molar-refractivity contribution in [1.29, 1.82) is 0 Å². The van der Waals surface area contributed by atoms with E-state index in [1.807, 2.05) is 0 Å². The number of nitrogens with zero attached hydrogens (tertiary/aromatic N) is 1. The zero-order chi connectivity index (χ0) is 13.8. The molecule has 1 heterocycles. The molecule has 7 heteroatoms. The Morgan fingerprint density at radius 3 is 2.32 bits per heavy atom.